The van der Waals surface area contributed by atoms with Crippen LogP contribution in [0.2, 0.25) is 0 Å². The van der Waals surface area contributed by atoms with Gasteiger partial charge in [0.15, 0.2) is 5.58 Å². The first-order chi connectivity index (χ1) is 11.7. The van der Waals surface area contributed by atoms with Crippen LogP contribution in [0.3, 0.4) is 0 Å². The summed E-state index contributed by atoms with van der Waals surface area (Å²) >= 11 is 0. The second-order valence-corrected chi connectivity index (χ2v) is 5.61. The topological polar surface area (TPSA) is 74.1 Å². The third kappa shape index (κ3) is 2.62. The van der Waals surface area contributed by atoms with Crippen molar-refractivity contribution < 1.29 is 8.94 Å². The Bertz CT molecular complexity index is 1040. The average molecular weight is 321 g/mol. The highest BCUT2D eigenvalue weighted by Gasteiger charge is 2.12. The molecule has 0 fully saturated rings. The first-order valence-electron chi connectivity index (χ1n) is 7.67. The lowest BCUT2D eigenvalue weighted by Gasteiger charge is -1.96. The molecule has 0 aliphatic rings. The van der Waals surface area contributed by atoms with Crippen LogP contribution < -0.4 is 5.76 Å². The monoisotopic (exact) mass is 321 g/mol. The molecule has 0 saturated carbocycles. The standard InChI is InChI=1S/C18H15N3O3/c1-21-14-9-8-13(11-15(14)23-18(21)22)17-19-16(24-20-17)10-7-12-5-3-2-4-6-12/h2-6,8-9,11H,7,10H2,1H3. The van der Waals surface area contributed by atoms with Gasteiger partial charge in [-0.25, -0.2) is 4.79 Å². The highest BCUT2D eigenvalue weighted by molar-refractivity contribution is 5.78. The van der Waals surface area contributed by atoms with E-state index in [4.69, 9.17) is 8.94 Å². The maximum atomic E-state index is 11.6. The van der Waals surface area contributed by atoms with Crippen molar-refractivity contribution in [3.05, 3.63) is 70.5 Å². The van der Waals surface area contributed by atoms with E-state index in [0.717, 1.165) is 17.5 Å². The fourth-order valence-electron chi connectivity index (χ4n) is 2.64. The van der Waals surface area contributed by atoms with E-state index >= 15 is 0 Å². The van der Waals surface area contributed by atoms with Gasteiger partial charge in [0.05, 0.1) is 5.52 Å². The summed E-state index contributed by atoms with van der Waals surface area (Å²) in [5, 5.41) is 4.02. The summed E-state index contributed by atoms with van der Waals surface area (Å²) in [6, 6.07) is 15.6. The molecule has 0 unspecified atom stereocenters. The van der Waals surface area contributed by atoms with E-state index < -0.39 is 0 Å². The van der Waals surface area contributed by atoms with Crippen LogP contribution in [0.5, 0.6) is 0 Å². The van der Waals surface area contributed by atoms with Crippen LogP contribution >= 0.6 is 0 Å². The summed E-state index contributed by atoms with van der Waals surface area (Å²) < 4.78 is 12.0. The molecule has 4 rings (SSSR count). The second-order valence-electron chi connectivity index (χ2n) is 5.61. The molecule has 0 amide bonds. The Kier molecular flexibility index (Phi) is 3.49. The van der Waals surface area contributed by atoms with Gasteiger partial charge in [-0.05, 0) is 30.2 Å². The summed E-state index contributed by atoms with van der Waals surface area (Å²) in [6.45, 7) is 0. The quantitative estimate of drug-likeness (QED) is 0.578. The van der Waals surface area contributed by atoms with Crippen LogP contribution in [0.15, 0.2) is 62.3 Å². The Morgan fingerprint density at radius 3 is 2.75 bits per heavy atom. The van der Waals surface area contributed by atoms with Gasteiger partial charge in [0.25, 0.3) is 0 Å². The minimum atomic E-state index is -0.390. The Hall–Kier alpha value is -3.15. The van der Waals surface area contributed by atoms with Gasteiger partial charge in [0, 0.05) is 19.0 Å². The third-order valence-corrected chi connectivity index (χ3v) is 3.99. The number of fused-ring (bicyclic) bond motifs is 1. The number of hydrogen-bond donors (Lipinski definition) is 0. The Balaban J connectivity index is 1.57. The zero-order valence-electron chi connectivity index (χ0n) is 13.1. The van der Waals surface area contributed by atoms with E-state index in [1.165, 1.54) is 10.1 Å². The van der Waals surface area contributed by atoms with E-state index in [9.17, 15) is 4.79 Å². The summed E-state index contributed by atoms with van der Waals surface area (Å²) in [5.41, 5.74) is 3.23. The molecule has 0 spiro atoms. The lowest BCUT2D eigenvalue weighted by atomic mass is 10.1. The number of oxazole rings is 1. The molecular formula is C18H15N3O3. The van der Waals surface area contributed by atoms with Gasteiger partial charge in [-0.2, -0.15) is 4.98 Å². The zero-order chi connectivity index (χ0) is 16.5. The van der Waals surface area contributed by atoms with Gasteiger partial charge < -0.3 is 8.94 Å². The Labute approximate surface area is 137 Å². The molecule has 0 N–H and O–H groups in total. The normalized spacial score (nSPS) is 11.2. The van der Waals surface area contributed by atoms with Crippen LogP contribution in [-0.4, -0.2) is 14.7 Å². The van der Waals surface area contributed by atoms with E-state index in [1.54, 1.807) is 13.1 Å². The van der Waals surface area contributed by atoms with E-state index in [2.05, 4.69) is 22.3 Å². The predicted molar refractivity (Wildman–Crippen MR) is 88.6 cm³/mol. The minimum Gasteiger partial charge on any atom is -0.408 e. The lowest BCUT2D eigenvalue weighted by molar-refractivity contribution is 0.379. The summed E-state index contributed by atoms with van der Waals surface area (Å²) in [4.78, 5) is 16.0. The highest BCUT2D eigenvalue weighted by atomic mass is 16.5. The third-order valence-electron chi connectivity index (χ3n) is 3.99. The lowest BCUT2D eigenvalue weighted by Crippen LogP contribution is -2.08. The Morgan fingerprint density at radius 2 is 1.92 bits per heavy atom. The molecule has 120 valence electrons. The van der Waals surface area contributed by atoms with Crippen molar-refractivity contribution in [2.75, 3.05) is 0 Å². The molecular weight excluding hydrogens is 306 g/mol. The molecule has 0 bridgehead atoms. The van der Waals surface area contributed by atoms with Gasteiger partial charge in [-0.1, -0.05) is 35.5 Å². The van der Waals surface area contributed by atoms with Crippen LogP contribution in [0, 0.1) is 0 Å². The van der Waals surface area contributed by atoms with E-state index in [0.29, 0.717) is 23.7 Å². The largest absolute Gasteiger partial charge is 0.419 e. The molecule has 4 aromatic rings. The average Bonchev–Trinajstić information content (AvgIpc) is 3.19. The number of benzene rings is 2. The molecule has 0 atom stereocenters. The van der Waals surface area contributed by atoms with Gasteiger partial charge in [0.1, 0.15) is 0 Å². The molecule has 2 aromatic heterocycles. The first-order valence-corrected chi connectivity index (χ1v) is 7.67. The predicted octanol–water partition coefficient (Wildman–Crippen LogP) is 2.97. The molecule has 2 aromatic carbocycles. The second kappa shape index (κ2) is 5.81. The first kappa shape index (κ1) is 14.4. The van der Waals surface area contributed by atoms with Crippen molar-refractivity contribution in [1.29, 1.82) is 0 Å². The smallest absolute Gasteiger partial charge is 0.408 e. The van der Waals surface area contributed by atoms with Crippen LogP contribution in [0.25, 0.3) is 22.5 Å². The molecule has 0 radical (unpaired) electrons. The van der Waals surface area contributed by atoms with Crippen molar-refractivity contribution in [3.63, 3.8) is 0 Å². The van der Waals surface area contributed by atoms with Crippen molar-refractivity contribution in [2.45, 2.75) is 12.8 Å². The number of nitrogens with zero attached hydrogens (tertiary/aromatic N) is 3. The van der Waals surface area contributed by atoms with Crippen molar-refractivity contribution >= 4 is 11.1 Å². The highest BCUT2D eigenvalue weighted by Crippen LogP contribution is 2.22. The SMILES string of the molecule is Cn1c(=O)oc2cc(-c3noc(CCc4ccccc4)n3)ccc21. The van der Waals surface area contributed by atoms with E-state index in [-0.39, 0.29) is 5.76 Å². The molecule has 2 heterocycles. The fraction of sp³-hybridized carbons (Fsp3) is 0.167. The number of aromatic nitrogens is 3. The van der Waals surface area contributed by atoms with Crippen LogP contribution in [0.1, 0.15) is 11.5 Å². The number of rotatable bonds is 4. The molecule has 24 heavy (non-hydrogen) atoms. The van der Waals surface area contributed by atoms with Crippen molar-refractivity contribution in [1.82, 2.24) is 14.7 Å². The Morgan fingerprint density at radius 1 is 1.08 bits per heavy atom. The minimum absolute atomic E-state index is 0.390. The summed E-state index contributed by atoms with van der Waals surface area (Å²) in [6.07, 6.45) is 1.52. The summed E-state index contributed by atoms with van der Waals surface area (Å²) in [7, 11) is 1.67. The summed E-state index contributed by atoms with van der Waals surface area (Å²) in [5.74, 6) is 0.689. The molecule has 6 heteroatoms. The number of hydrogen-bond acceptors (Lipinski definition) is 5. The van der Waals surface area contributed by atoms with Crippen LogP contribution in [-0.2, 0) is 19.9 Å². The maximum Gasteiger partial charge on any atom is 0.419 e. The molecule has 6 nitrogen and oxygen atoms in total. The zero-order valence-corrected chi connectivity index (χ0v) is 13.1. The van der Waals surface area contributed by atoms with Crippen molar-refractivity contribution in [2.24, 2.45) is 7.05 Å². The fourth-order valence-corrected chi connectivity index (χ4v) is 2.64. The molecule has 0 aliphatic carbocycles. The molecule has 0 aliphatic heterocycles. The van der Waals surface area contributed by atoms with Gasteiger partial charge in [0.2, 0.25) is 11.7 Å². The van der Waals surface area contributed by atoms with Gasteiger partial charge >= 0.3 is 5.76 Å². The number of aryl methyl sites for hydroxylation is 3. The van der Waals surface area contributed by atoms with Crippen LogP contribution in [0.4, 0.5) is 0 Å². The molecule has 0 saturated heterocycles. The van der Waals surface area contributed by atoms with Crippen molar-refractivity contribution in [3.8, 4) is 11.4 Å². The van der Waals surface area contributed by atoms with E-state index in [1.807, 2.05) is 30.3 Å². The maximum absolute atomic E-state index is 11.6. The van der Waals surface area contributed by atoms with Gasteiger partial charge in [-0.3, -0.25) is 4.57 Å². The van der Waals surface area contributed by atoms with Gasteiger partial charge in [-0.15, -0.1) is 0 Å².